The summed E-state index contributed by atoms with van der Waals surface area (Å²) in [5.41, 5.74) is 0. The molecule has 0 heterocycles. The van der Waals surface area contributed by atoms with Crippen LogP contribution in [-0.4, -0.2) is 57.3 Å². The third-order valence-corrected chi connectivity index (χ3v) is 16.7. The fourth-order valence-electron chi connectivity index (χ4n) is 11.3. The smallest absolute Gasteiger partial charge is 0.249 e. The fraction of sp³-hybridized carbons (Fsp3) is 0.957. The van der Waals surface area contributed by atoms with Crippen LogP contribution in [-0.2, 0) is 4.79 Å². The van der Waals surface area contributed by atoms with E-state index in [4.69, 9.17) is 0 Å². The number of allylic oxidation sites excluding steroid dienone is 2. The Morgan fingerprint density at radius 1 is 0.320 bits per heavy atom. The van der Waals surface area contributed by atoms with Crippen LogP contribution in [0.25, 0.3) is 0 Å². The van der Waals surface area contributed by atoms with Gasteiger partial charge in [0.15, 0.2) is 0 Å². The van der Waals surface area contributed by atoms with Crippen molar-refractivity contribution in [2.45, 2.75) is 417 Å². The number of unbranched alkanes of at least 4 members (excludes halogenated alkanes) is 54. The van der Waals surface area contributed by atoms with Gasteiger partial charge in [-0.15, -0.1) is 0 Å². The molecule has 0 aromatic rings. The summed E-state index contributed by atoms with van der Waals surface area (Å²) in [5, 5.41) is 44.3. The highest BCUT2D eigenvalue weighted by molar-refractivity contribution is 5.80. The highest BCUT2D eigenvalue weighted by Crippen LogP contribution is 2.20. The second-order valence-electron chi connectivity index (χ2n) is 24.2. The van der Waals surface area contributed by atoms with Gasteiger partial charge in [0, 0.05) is 0 Å². The van der Waals surface area contributed by atoms with Crippen molar-refractivity contribution < 1.29 is 25.2 Å². The number of hydrogen-bond donors (Lipinski definition) is 5. The van der Waals surface area contributed by atoms with Crippen molar-refractivity contribution in [3.05, 3.63) is 12.2 Å². The van der Waals surface area contributed by atoms with Gasteiger partial charge < -0.3 is 25.7 Å². The van der Waals surface area contributed by atoms with Gasteiger partial charge in [-0.05, 0) is 38.5 Å². The Morgan fingerprint density at radius 2 is 0.533 bits per heavy atom. The fourth-order valence-corrected chi connectivity index (χ4v) is 11.3. The third-order valence-electron chi connectivity index (χ3n) is 16.7. The highest BCUT2D eigenvalue weighted by Gasteiger charge is 2.28. The van der Waals surface area contributed by atoms with Crippen molar-refractivity contribution in [3.8, 4) is 0 Å². The van der Waals surface area contributed by atoms with Gasteiger partial charge in [0.25, 0.3) is 0 Å². The molecule has 6 heteroatoms. The number of carbonyl (C=O) groups excluding carboxylic acids is 1. The number of rotatable bonds is 65. The number of aliphatic hydroxyl groups is 4. The summed E-state index contributed by atoms with van der Waals surface area (Å²) in [6.07, 6.45) is 79.0. The van der Waals surface area contributed by atoms with Crippen LogP contribution >= 0.6 is 0 Å². The summed E-state index contributed by atoms with van der Waals surface area (Å²) >= 11 is 0. The second-order valence-corrected chi connectivity index (χ2v) is 24.2. The first-order valence-corrected chi connectivity index (χ1v) is 34.6. The second kappa shape index (κ2) is 63.9. The SMILES string of the molecule is CCCCCCCCCCCCCC/C=C\CCCCCCCCCCCCCCCCCC(O)C(=O)NC(CO)C(O)C(O)CCCCCCCCCCCCCCCCCCCCCCCCCCCCCC. The van der Waals surface area contributed by atoms with E-state index in [1.807, 2.05) is 0 Å². The molecule has 6 nitrogen and oxygen atoms in total. The first kappa shape index (κ1) is 74.0. The molecule has 75 heavy (non-hydrogen) atoms. The molecule has 4 unspecified atom stereocenters. The lowest BCUT2D eigenvalue weighted by Crippen LogP contribution is -2.53. The molecular weight excluding hydrogens is 923 g/mol. The molecule has 0 spiro atoms. The molecule has 0 bridgehead atoms. The maximum atomic E-state index is 12.7. The van der Waals surface area contributed by atoms with Gasteiger partial charge in [0.1, 0.15) is 12.2 Å². The topological polar surface area (TPSA) is 110 Å². The summed E-state index contributed by atoms with van der Waals surface area (Å²) in [5.74, 6) is -0.575. The number of carbonyl (C=O) groups is 1. The Hall–Kier alpha value is -0.950. The van der Waals surface area contributed by atoms with Crippen LogP contribution in [0.1, 0.15) is 393 Å². The quantitative estimate of drug-likeness (QED) is 0.0308. The molecule has 0 rings (SSSR count). The maximum absolute atomic E-state index is 12.7. The Kier molecular flexibility index (Phi) is 63.1. The first-order valence-electron chi connectivity index (χ1n) is 34.6. The van der Waals surface area contributed by atoms with E-state index in [1.54, 1.807) is 0 Å². The molecule has 0 aliphatic heterocycles. The van der Waals surface area contributed by atoms with Gasteiger partial charge in [-0.3, -0.25) is 4.79 Å². The van der Waals surface area contributed by atoms with Crippen molar-refractivity contribution >= 4 is 5.91 Å². The van der Waals surface area contributed by atoms with Gasteiger partial charge in [-0.25, -0.2) is 0 Å². The van der Waals surface area contributed by atoms with Crippen molar-refractivity contribution in [1.82, 2.24) is 5.32 Å². The zero-order chi connectivity index (χ0) is 54.4. The van der Waals surface area contributed by atoms with E-state index in [2.05, 4.69) is 31.3 Å². The zero-order valence-corrected chi connectivity index (χ0v) is 51.1. The first-order chi connectivity index (χ1) is 37.0. The predicted molar refractivity (Wildman–Crippen MR) is 330 cm³/mol. The maximum Gasteiger partial charge on any atom is 0.249 e. The van der Waals surface area contributed by atoms with Gasteiger partial charge in [0.05, 0.1) is 18.8 Å². The summed E-state index contributed by atoms with van der Waals surface area (Å²) < 4.78 is 0. The van der Waals surface area contributed by atoms with Crippen molar-refractivity contribution in [2.75, 3.05) is 6.61 Å². The number of hydrogen-bond acceptors (Lipinski definition) is 5. The van der Waals surface area contributed by atoms with Crippen LogP contribution in [0.2, 0.25) is 0 Å². The van der Waals surface area contributed by atoms with E-state index >= 15 is 0 Å². The van der Waals surface area contributed by atoms with Gasteiger partial charge in [-0.1, -0.05) is 366 Å². The Morgan fingerprint density at radius 3 is 0.773 bits per heavy atom. The molecular formula is C69H137NO5. The standard InChI is InChI=1S/C69H137NO5/c1-3-5-7-9-11-13-15-17-19-21-23-25-27-29-31-33-34-35-37-39-41-43-45-47-49-51-53-55-57-59-61-63-67(73)69(75)70-65(64-71)68(74)66(72)62-60-58-56-54-52-50-48-46-44-42-40-38-36-32-30-28-26-24-22-20-18-16-14-12-10-8-6-4-2/h29,31,65-68,71-74H,3-28,30,32-64H2,1-2H3,(H,70,75)/b31-29-. The molecule has 0 aliphatic rings. The Bertz CT molecular complexity index is 1100. The van der Waals surface area contributed by atoms with Crippen molar-refractivity contribution in [1.29, 1.82) is 0 Å². The van der Waals surface area contributed by atoms with Crippen LogP contribution in [0.5, 0.6) is 0 Å². The minimum absolute atomic E-state index is 0.374. The van der Waals surface area contributed by atoms with Crippen LogP contribution in [0.4, 0.5) is 0 Å². The number of amides is 1. The van der Waals surface area contributed by atoms with E-state index in [1.165, 1.54) is 327 Å². The molecule has 1 amide bonds. The van der Waals surface area contributed by atoms with Gasteiger partial charge >= 0.3 is 0 Å². The summed E-state index contributed by atoms with van der Waals surface area (Å²) in [4.78, 5) is 12.7. The number of nitrogens with one attached hydrogen (secondary N) is 1. The van der Waals surface area contributed by atoms with Crippen LogP contribution in [0.15, 0.2) is 12.2 Å². The molecule has 448 valence electrons. The average Bonchev–Trinajstić information content (AvgIpc) is 3.42. The molecule has 0 aliphatic carbocycles. The Balaban J connectivity index is 3.53. The molecule has 0 saturated heterocycles. The van der Waals surface area contributed by atoms with Gasteiger partial charge in [0.2, 0.25) is 5.91 Å². The van der Waals surface area contributed by atoms with Gasteiger partial charge in [-0.2, -0.15) is 0 Å². The van der Waals surface area contributed by atoms with Crippen LogP contribution in [0, 0.1) is 0 Å². The zero-order valence-electron chi connectivity index (χ0n) is 51.1. The summed E-state index contributed by atoms with van der Waals surface area (Å²) in [6.45, 7) is 4.12. The van der Waals surface area contributed by atoms with Crippen LogP contribution in [0.3, 0.4) is 0 Å². The molecule has 4 atom stereocenters. The minimum atomic E-state index is -1.26. The molecule has 0 aromatic carbocycles. The van der Waals surface area contributed by atoms with Crippen LogP contribution < -0.4 is 5.32 Å². The lowest BCUT2D eigenvalue weighted by atomic mass is 9.99. The predicted octanol–water partition coefficient (Wildman–Crippen LogP) is 21.2. The average molecular weight is 1060 g/mol. The largest absolute Gasteiger partial charge is 0.394 e. The van der Waals surface area contributed by atoms with E-state index in [9.17, 15) is 25.2 Å². The molecule has 0 fully saturated rings. The van der Waals surface area contributed by atoms with Crippen molar-refractivity contribution in [2.24, 2.45) is 0 Å². The summed E-state index contributed by atoms with van der Waals surface area (Å²) in [7, 11) is 0. The van der Waals surface area contributed by atoms with E-state index in [0.717, 1.165) is 38.5 Å². The monoisotopic (exact) mass is 1060 g/mol. The number of aliphatic hydroxyl groups excluding tert-OH is 4. The molecule has 0 radical (unpaired) electrons. The highest BCUT2D eigenvalue weighted by atomic mass is 16.3. The van der Waals surface area contributed by atoms with E-state index in [-0.39, 0.29) is 0 Å². The van der Waals surface area contributed by atoms with E-state index in [0.29, 0.717) is 12.8 Å². The third kappa shape index (κ3) is 57.5. The molecule has 5 N–H and O–H groups in total. The van der Waals surface area contributed by atoms with E-state index < -0.39 is 36.9 Å². The molecule has 0 aromatic heterocycles. The summed E-state index contributed by atoms with van der Waals surface area (Å²) in [6, 6.07) is -0.984. The Labute approximate surface area is 470 Å². The molecule has 0 saturated carbocycles. The lowest BCUT2D eigenvalue weighted by Gasteiger charge is -2.27. The van der Waals surface area contributed by atoms with Crippen molar-refractivity contribution in [3.63, 3.8) is 0 Å². The normalized spacial score (nSPS) is 13.5. The lowest BCUT2D eigenvalue weighted by molar-refractivity contribution is -0.132. The minimum Gasteiger partial charge on any atom is -0.394 e.